The third-order valence-electron chi connectivity index (χ3n) is 3.04. The van der Waals surface area contributed by atoms with Crippen LogP contribution in [-0.2, 0) is 0 Å². The van der Waals surface area contributed by atoms with Gasteiger partial charge in [0.1, 0.15) is 12.1 Å². The summed E-state index contributed by atoms with van der Waals surface area (Å²) in [5.74, 6) is 1.24. The quantitative estimate of drug-likeness (QED) is 0.737. The lowest BCUT2D eigenvalue weighted by molar-refractivity contribution is 0.235. The zero-order valence-electron chi connectivity index (χ0n) is 12.6. The van der Waals surface area contributed by atoms with Crippen LogP contribution in [0.1, 0.15) is 13.8 Å². The van der Waals surface area contributed by atoms with Crippen molar-refractivity contribution in [2.24, 2.45) is 0 Å². The van der Waals surface area contributed by atoms with Crippen LogP contribution in [0.2, 0.25) is 0 Å². The highest BCUT2D eigenvalue weighted by atomic mass is 16.5. The Morgan fingerprint density at radius 3 is 2.45 bits per heavy atom. The first-order valence-electron chi connectivity index (χ1n) is 6.96. The summed E-state index contributed by atoms with van der Waals surface area (Å²) in [6.07, 6.45) is 3.13. The zero-order valence-corrected chi connectivity index (χ0v) is 12.6. The van der Waals surface area contributed by atoms with E-state index in [-0.39, 0.29) is 6.10 Å². The van der Waals surface area contributed by atoms with Gasteiger partial charge < -0.3 is 9.47 Å². The van der Waals surface area contributed by atoms with E-state index in [0.29, 0.717) is 17.0 Å². The molecule has 3 rings (SSSR count). The minimum absolute atomic E-state index is 0.00421. The van der Waals surface area contributed by atoms with Gasteiger partial charge in [0.2, 0.25) is 5.88 Å². The van der Waals surface area contributed by atoms with Gasteiger partial charge in [-0.25, -0.2) is 15.0 Å². The van der Waals surface area contributed by atoms with E-state index in [1.54, 1.807) is 13.3 Å². The van der Waals surface area contributed by atoms with Crippen molar-refractivity contribution in [1.82, 2.24) is 19.9 Å². The van der Waals surface area contributed by atoms with Crippen molar-refractivity contribution in [3.8, 4) is 22.9 Å². The average Bonchev–Trinajstić information content (AvgIpc) is 2.54. The second kappa shape index (κ2) is 5.93. The minimum atomic E-state index is 0.00421. The van der Waals surface area contributed by atoms with Crippen LogP contribution in [0, 0.1) is 0 Å². The predicted molar refractivity (Wildman–Crippen MR) is 82.9 cm³/mol. The Balaban J connectivity index is 2.07. The van der Waals surface area contributed by atoms with E-state index in [1.165, 1.54) is 6.33 Å². The molecule has 0 aliphatic heterocycles. The topological polar surface area (TPSA) is 70.0 Å². The van der Waals surface area contributed by atoms with Crippen LogP contribution < -0.4 is 9.47 Å². The summed E-state index contributed by atoms with van der Waals surface area (Å²) in [5.41, 5.74) is 2.75. The maximum Gasteiger partial charge on any atom is 0.245 e. The van der Waals surface area contributed by atoms with E-state index in [1.807, 2.05) is 38.1 Å². The normalized spacial score (nSPS) is 10.9. The summed E-state index contributed by atoms with van der Waals surface area (Å²) in [6, 6.07) is 7.63. The molecule has 0 spiro atoms. The molecule has 0 radical (unpaired) electrons. The summed E-state index contributed by atoms with van der Waals surface area (Å²) in [5, 5.41) is 0. The molecule has 2 aromatic heterocycles. The smallest absolute Gasteiger partial charge is 0.245 e. The highest BCUT2D eigenvalue weighted by molar-refractivity contribution is 5.77. The van der Waals surface area contributed by atoms with Gasteiger partial charge >= 0.3 is 0 Å². The Labute approximate surface area is 128 Å². The van der Waals surface area contributed by atoms with E-state index in [9.17, 15) is 0 Å². The lowest BCUT2D eigenvalue weighted by Gasteiger charge is -2.10. The molecule has 0 N–H and O–H groups in total. The standard InChI is InChI=1S/C16H16N4O2/c1-10(2)22-16-14-15(18-9-19-16)17-8-13(20-14)11-4-6-12(21-3)7-5-11/h4-10H,1-3H3. The third kappa shape index (κ3) is 2.81. The van der Waals surface area contributed by atoms with Gasteiger partial charge in [-0.15, -0.1) is 0 Å². The molecule has 22 heavy (non-hydrogen) atoms. The molecule has 0 fully saturated rings. The summed E-state index contributed by atoms with van der Waals surface area (Å²) in [7, 11) is 1.64. The maximum absolute atomic E-state index is 5.68. The lowest BCUT2D eigenvalue weighted by Crippen LogP contribution is -2.08. The lowest BCUT2D eigenvalue weighted by atomic mass is 10.1. The van der Waals surface area contributed by atoms with Crippen LogP contribution in [0.5, 0.6) is 11.6 Å². The second-order valence-corrected chi connectivity index (χ2v) is 5.00. The molecule has 0 unspecified atom stereocenters. The maximum atomic E-state index is 5.68. The first-order chi connectivity index (χ1) is 10.7. The van der Waals surface area contributed by atoms with Gasteiger partial charge in [-0.1, -0.05) is 0 Å². The Morgan fingerprint density at radius 2 is 1.77 bits per heavy atom. The molecule has 0 atom stereocenters. The molecule has 6 nitrogen and oxygen atoms in total. The number of nitrogens with zero attached hydrogens (tertiary/aromatic N) is 4. The average molecular weight is 296 g/mol. The molecule has 112 valence electrons. The van der Waals surface area contributed by atoms with Crippen molar-refractivity contribution in [2.45, 2.75) is 20.0 Å². The van der Waals surface area contributed by atoms with Gasteiger partial charge in [-0.3, -0.25) is 0 Å². The highest BCUT2D eigenvalue weighted by Crippen LogP contribution is 2.24. The molecular weight excluding hydrogens is 280 g/mol. The van der Waals surface area contributed by atoms with Crippen LogP contribution in [0.4, 0.5) is 0 Å². The number of fused-ring (bicyclic) bond motifs is 1. The van der Waals surface area contributed by atoms with Crippen LogP contribution in [-0.4, -0.2) is 33.1 Å². The fourth-order valence-corrected chi connectivity index (χ4v) is 2.03. The Hall–Kier alpha value is -2.76. The van der Waals surface area contributed by atoms with E-state index in [2.05, 4.69) is 19.9 Å². The minimum Gasteiger partial charge on any atom is -0.497 e. The summed E-state index contributed by atoms with van der Waals surface area (Å²) in [4.78, 5) is 17.2. The van der Waals surface area contributed by atoms with Crippen molar-refractivity contribution in [1.29, 1.82) is 0 Å². The molecule has 1 aromatic carbocycles. The van der Waals surface area contributed by atoms with E-state index in [4.69, 9.17) is 9.47 Å². The molecule has 6 heteroatoms. The van der Waals surface area contributed by atoms with Crippen molar-refractivity contribution in [3.63, 3.8) is 0 Å². The van der Waals surface area contributed by atoms with Gasteiger partial charge in [0.25, 0.3) is 0 Å². The summed E-state index contributed by atoms with van der Waals surface area (Å²) >= 11 is 0. The largest absolute Gasteiger partial charge is 0.497 e. The number of aromatic nitrogens is 4. The summed E-state index contributed by atoms with van der Waals surface area (Å²) in [6.45, 7) is 3.88. The molecular formula is C16H16N4O2. The second-order valence-electron chi connectivity index (χ2n) is 5.00. The van der Waals surface area contributed by atoms with E-state index < -0.39 is 0 Å². The van der Waals surface area contributed by atoms with Gasteiger partial charge in [-0.05, 0) is 38.1 Å². The SMILES string of the molecule is COc1ccc(-c2cnc3ncnc(OC(C)C)c3n2)cc1. The number of ether oxygens (including phenoxy) is 2. The van der Waals surface area contributed by atoms with Gasteiger partial charge in [-0.2, -0.15) is 4.98 Å². The predicted octanol–water partition coefficient (Wildman–Crippen LogP) is 2.88. The van der Waals surface area contributed by atoms with E-state index in [0.717, 1.165) is 17.0 Å². The third-order valence-corrected chi connectivity index (χ3v) is 3.04. The molecule has 0 saturated carbocycles. The molecule has 0 saturated heterocycles. The fraction of sp³-hybridized carbons (Fsp3) is 0.250. The molecule has 0 bridgehead atoms. The van der Waals surface area contributed by atoms with Crippen molar-refractivity contribution in [3.05, 3.63) is 36.8 Å². The Bertz CT molecular complexity index is 788. The molecule has 2 heterocycles. The number of hydrogen-bond acceptors (Lipinski definition) is 6. The van der Waals surface area contributed by atoms with Gasteiger partial charge in [0.15, 0.2) is 11.2 Å². The van der Waals surface area contributed by atoms with Crippen LogP contribution in [0.15, 0.2) is 36.8 Å². The Morgan fingerprint density at radius 1 is 1.00 bits per heavy atom. The molecule has 0 aliphatic carbocycles. The van der Waals surface area contributed by atoms with Gasteiger partial charge in [0, 0.05) is 5.56 Å². The molecule has 0 aliphatic rings. The molecule has 3 aromatic rings. The van der Waals surface area contributed by atoms with E-state index >= 15 is 0 Å². The number of methoxy groups -OCH3 is 1. The summed E-state index contributed by atoms with van der Waals surface area (Å²) < 4.78 is 10.8. The first-order valence-corrected chi connectivity index (χ1v) is 6.96. The van der Waals surface area contributed by atoms with Crippen LogP contribution >= 0.6 is 0 Å². The van der Waals surface area contributed by atoms with Crippen LogP contribution in [0.25, 0.3) is 22.4 Å². The fourth-order valence-electron chi connectivity index (χ4n) is 2.03. The van der Waals surface area contributed by atoms with Crippen molar-refractivity contribution < 1.29 is 9.47 Å². The van der Waals surface area contributed by atoms with Crippen molar-refractivity contribution in [2.75, 3.05) is 7.11 Å². The Kier molecular flexibility index (Phi) is 3.82. The highest BCUT2D eigenvalue weighted by Gasteiger charge is 2.11. The molecule has 0 amide bonds. The number of benzene rings is 1. The first kappa shape index (κ1) is 14.2. The monoisotopic (exact) mass is 296 g/mol. The number of hydrogen-bond donors (Lipinski definition) is 0. The van der Waals surface area contributed by atoms with Crippen LogP contribution in [0.3, 0.4) is 0 Å². The van der Waals surface area contributed by atoms with Crippen molar-refractivity contribution >= 4 is 11.2 Å². The number of rotatable bonds is 4. The van der Waals surface area contributed by atoms with Gasteiger partial charge in [0.05, 0.1) is 25.1 Å². The zero-order chi connectivity index (χ0) is 15.5.